The first-order chi connectivity index (χ1) is 8.11. The van der Waals surface area contributed by atoms with Crippen molar-refractivity contribution in [2.45, 2.75) is 13.0 Å². The molecule has 2 amide bonds. The second kappa shape index (κ2) is 4.37. The third-order valence-electron chi connectivity index (χ3n) is 2.78. The summed E-state index contributed by atoms with van der Waals surface area (Å²) in [5.41, 5.74) is 1.32. The van der Waals surface area contributed by atoms with Gasteiger partial charge < -0.3 is 4.90 Å². The van der Waals surface area contributed by atoms with Crippen molar-refractivity contribution in [2.24, 2.45) is 0 Å². The maximum atomic E-state index is 11.5. The third-order valence-corrected chi connectivity index (χ3v) is 2.78. The number of amides is 2. The molecule has 1 fully saturated rings. The summed E-state index contributed by atoms with van der Waals surface area (Å²) < 4.78 is 0. The van der Waals surface area contributed by atoms with E-state index in [-0.39, 0.29) is 18.4 Å². The zero-order chi connectivity index (χ0) is 12.4. The van der Waals surface area contributed by atoms with Crippen molar-refractivity contribution in [2.75, 3.05) is 11.4 Å². The van der Waals surface area contributed by atoms with E-state index in [0.29, 0.717) is 5.56 Å². The maximum absolute atomic E-state index is 11.5. The molecule has 1 heterocycles. The Kier molecular flexibility index (Phi) is 2.91. The molecule has 2 rings (SSSR count). The van der Waals surface area contributed by atoms with Gasteiger partial charge in [0.25, 0.3) is 0 Å². The summed E-state index contributed by atoms with van der Waals surface area (Å²) in [7, 11) is 0. The number of rotatable bonds is 2. The van der Waals surface area contributed by atoms with Gasteiger partial charge in [-0.15, -0.1) is 0 Å². The van der Waals surface area contributed by atoms with Gasteiger partial charge in [0.15, 0.2) is 0 Å². The van der Waals surface area contributed by atoms with Crippen LogP contribution in [0.3, 0.4) is 0 Å². The SMILES string of the molecule is CC1C(=O)NC(=O)CN1c1ccc(C=O)cc1. The highest BCUT2D eigenvalue weighted by atomic mass is 16.2. The van der Waals surface area contributed by atoms with Gasteiger partial charge in [0.05, 0.1) is 6.54 Å². The van der Waals surface area contributed by atoms with E-state index < -0.39 is 6.04 Å². The second-order valence-corrected chi connectivity index (χ2v) is 3.93. The fourth-order valence-electron chi connectivity index (χ4n) is 1.77. The summed E-state index contributed by atoms with van der Waals surface area (Å²) in [5.74, 6) is -0.617. The lowest BCUT2D eigenvalue weighted by molar-refractivity contribution is -0.132. The zero-order valence-electron chi connectivity index (χ0n) is 9.34. The van der Waals surface area contributed by atoms with Gasteiger partial charge in [-0.25, -0.2) is 0 Å². The van der Waals surface area contributed by atoms with E-state index >= 15 is 0 Å². The average molecular weight is 232 g/mol. The highest BCUT2D eigenvalue weighted by Crippen LogP contribution is 2.19. The van der Waals surface area contributed by atoms with E-state index in [1.165, 1.54) is 0 Å². The quantitative estimate of drug-likeness (QED) is 0.590. The molecule has 1 aliphatic rings. The number of nitrogens with one attached hydrogen (secondary N) is 1. The van der Waals surface area contributed by atoms with Crippen LogP contribution in [-0.2, 0) is 9.59 Å². The molecule has 1 aromatic carbocycles. The van der Waals surface area contributed by atoms with Crippen LogP contribution in [0, 0.1) is 0 Å². The topological polar surface area (TPSA) is 66.5 Å². The van der Waals surface area contributed by atoms with Crippen LogP contribution in [0.4, 0.5) is 5.69 Å². The molecule has 0 aliphatic carbocycles. The molecule has 1 atom stereocenters. The van der Waals surface area contributed by atoms with Crippen LogP contribution in [0.1, 0.15) is 17.3 Å². The van der Waals surface area contributed by atoms with Crippen LogP contribution in [-0.4, -0.2) is 30.7 Å². The van der Waals surface area contributed by atoms with E-state index in [0.717, 1.165) is 12.0 Å². The van der Waals surface area contributed by atoms with Crippen molar-refractivity contribution < 1.29 is 14.4 Å². The molecule has 1 aliphatic heterocycles. The van der Waals surface area contributed by atoms with E-state index in [9.17, 15) is 14.4 Å². The van der Waals surface area contributed by atoms with E-state index in [1.807, 2.05) is 0 Å². The number of carbonyl (C=O) groups is 3. The molecule has 5 heteroatoms. The van der Waals surface area contributed by atoms with Crippen molar-refractivity contribution in [1.82, 2.24) is 5.32 Å². The first-order valence-corrected chi connectivity index (χ1v) is 5.27. The van der Waals surface area contributed by atoms with Gasteiger partial charge in [-0.2, -0.15) is 0 Å². The number of aldehydes is 1. The van der Waals surface area contributed by atoms with Crippen molar-refractivity contribution in [3.63, 3.8) is 0 Å². The number of hydrogen-bond donors (Lipinski definition) is 1. The van der Waals surface area contributed by atoms with Crippen LogP contribution in [0.5, 0.6) is 0 Å². The van der Waals surface area contributed by atoms with Gasteiger partial charge in [0.2, 0.25) is 11.8 Å². The number of hydrogen-bond acceptors (Lipinski definition) is 4. The van der Waals surface area contributed by atoms with Gasteiger partial charge in [-0.3, -0.25) is 19.7 Å². The summed E-state index contributed by atoms with van der Waals surface area (Å²) in [6, 6.07) is 6.38. The predicted octanol–water partition coefficient (Wildman–Crippen LogP) is 0.350. The van der Waals surface area contributed by atoms with Crippen LogP contribution in [0.2, 0.25) is 0 Å². The number of carbonyl (C=O) groups excluding carboxylic acids is 3. The molecule has 5 nitrogen and oxygen atoms in total. The predicted molar refractivity (Wildman–Crippen MR) is 61.8 cm³/mol. The van der Waals surface area contributed by atoms with Crippen molar-refractivity contribution in [1.29, 1.82) is 0 Å². The van der Waals surface area contributed by atoms with Crippen LogP contribution >= 0.6 is 0 Å². The van der Waals surface area contributed by atoms with Crippen LogP contribution in [0.15, 0.2) is 24.3 Å². The monoisotopic (exact) mass is 232 g/mol. The fourth-order valence-corrected chi connectivity index (χ4v) is 1.77. The fraction of sp³-hybridized carbons (Fsp3) is 0.250. The molecular weight excluding hydrogens is 220 g/mol. The van der Waals surface area contributed by atoms with E-state index in [2.05, 4.69) is 5.32 Å². The lowest BCUT2D eigenvalue weighted by Crippen LogP contribution is -2.57. The lowest BCUT2D eigenvalue weighted by Gasteiger charge is -2.33. The Morgan fingerprint density at radius 2 is 1.94 bits per heavy atom. The first kappa shape index (κ1) is 11.3. The number of benzene rings is 1. The van der Waals surface area contributed by atoms with Gasteiger partial charge in [-0.1, -0.05) is 0 Å². The summed E-state index contributed by atoms with van der Waals surface area (Å²) in [4.78, 5) is 35.0. The zero-order valence-corrected chi connectivity index (χ0v) is 9.34. The number of imide groups is 1. The van der Waals surface area contributed by atoms with Crippen LogP contribution < -0.4 is 10.2 Å². The minimum Gasteiger partial charge on any atom is -0.350 e. The Hall–Kier alpha value is -2.17. The van der Waals surface area contributed by atoms with Gasteiger partial charge in [0.1, 0.15) is 12.3 Å². The molecule has 0 bridgehead atoms. The molecule has 0 radical (unpaired) electrons. The largest absolute Gasteiger partial charge is 0.350 e. The van der Waals surface area contributed by atoms with Gasteiger partial charge in [-0.05, 0) is 31.2 Å². The van der Waals surface area contributed by atoms with E-state index in [1.54, 1.807) is 36.1 Å². The molecule has 0 saturated carbocycles. The summed E-state index contributed by atoms with van der Waals surface area (Å²) in [6.45, 7) is 1.88. The number of anilines is 1. The highest BCUT2D eigenvalue weighted by Gasteiger charge is 2.30. The third kappa shape index (κ3) is 2.18. The van der Waals surface area contributed by atoms with Gasteiger partial charge >= 0.3 is 0 Å². The van der Waals surface area contributed by atoms with Crippen molar-refractivity contribution >= 4 is 23.8 Å². The molecule has 1 N–H and O–H groups in total. The normalized spacial score (nSPS) is 20.1. The first-order valence-electron chi connectivity index (χ1n) is 5.27. The Balaban J connectivity index is 2.27. The smallest absolute Gasteiger partial charge is 0.249 e. The maximum Gasteiger partial charge on any atom is 0.249 e. The van der Waals surface area contributed by atoms with Gasteiger partial charge in [0, 0.05) is 11.3 Å². The molecular formula is C12H12N2O3. The average Bonchev–Trinajstić information content (AvgIpc) is 2.34. The molecule has 88 valence electrons. The molecule has 0 aromatic heterocycles. The molecule has 1 aromatic rings. The summed E-state index contributed by atoms with van der Waals surface area (Å²) in [5, 5.41) is 2.28. The summed E-state index contributed by atoms with van der Waals surface area (Å²) >= 11 is 0. The minimum absolute atomic E-state index is 0.146. The molecule has 17 heavy (non-hydrogen) atoms. The second-order valence-electron chi connectivity index (χ2n) is 3.93. The molecule has 1 saturated heterocycles. The van der Waals surface area contributed by atoms with Crippen molar-refractivity contribution in [3.8, 4) is 0 Å². The number of piperazine rings is 1. The minimum atomic E-state index is -0.394. The Morgan fingerprint density at radius 1 is 1.29 bits per heavy atom. The Labute approximate surface area is 98.4 Å². The highest BCUT2D eigenvalue weighted by molar-refractivity contribution is 6.04. The number of nitrogens with zero attached hydrogens (tertiary/aromatic N) is 1. The summed E-state index contributed by atoms with van der Waals surface area (Å²) in [6.07, 6.45) is 0.751. The van der Waals surface area contributed by atoms with E-state index in [4.69, 9.17) is 0 Å². The lowest BCUT2D eigenvalue weighted by atomic mass is 10.1. The molecule has 0 spiro atoms. The Bertz CT molecular complexity index is 467. The van der Waals surface area contributed by atoms with Crippen molar-refractivity contribution in [3.05, 3.63) is 29.8 Å². The standard InChI is InChI=1S/C12H12N2O3/c1-8-12(17)13-11(16)6-14(8)10-4-2-9(7-15)3-5-10/h2-5,7-8H,6H2,1H3,(H,13,16,17). The molecule has 1 unspecified atom stereocenters. The Morgan fingerprint density at radius 3 is 2.53 bits per heavy atom. The van der Waals surface area contributed by atoms with Crippen LogP contribution in [0.25, 0.3) is 0 Å².